The molecule has 156 valence electrons. The van der Waals surface area contributed by atoms with Crippen molar-refractivity contribution in [3.05, 3.63) is 53.7 Å². The minimum absolute atomic E-state index is 0.00355. The Morgan fingerprint density at radius 1 is 1.17 bits per heavy atom. The number of alkyl halides is 3. The molecule has 0 aliphatic heterocycles. The molecule has 0 saturated heterocycles. The molecule has 1 N–H and O–H groups in total. The third-order valence-corrected chi connectivity index (χ3v) is 5.74. The molecule has 0 unspecified atom stereocenters. The fourth-order valence-electron chi connectivity index (χ4n) is 3.88. The maximum Gasteiger partial charge on any atom is 0.416 e. The molecule has 30 heavy (non-hydrogen) atoms. The number of hydrogen-bond acceptors (Lipinski definition) is 3. The van der Waals surface area contributed by atoms with Crippen molar-refractivity contribution in [2.24, 2.45) is 5.92 Å². The predicted molar refractivity (Wildman–Crippen MR) is 104 cm³/mol. The van der Waals surface area contributed by atoms with E-state index in [0.29, 0.717) is 17.5 Å². The lowest BCUT2D eigenvalue weighted by atomic mass is 10.0. The molecule has 2 aromatic carbocycles. The van der Waals surface area contributed by atoms with Crippen LogP contribution >= 0.6 is 0 Å². The molecule has 2 atom stereocenters. The number of nitrogens with one attached hydrogen (secondary N) is 1. The van der Waals surface area contributed by atoms with Gasteiger partial charge in [0.2, 0.25) is 5.91 Å². The number of ether oxygens (including phenoxy) is 1. The summed E-state index contributed by atoms with van der Waals surface area (Å²) in [5, 5.41) is 8.35. The zero-order valence-corrected chi connectivity index (χ0v) is 16.2. The highest BCUT2D eigenvalue weighted by molar-refractivity contribution is 5.88. The molecule has 2 fully saturated rings. The van der Waals surface area contributed by atoms with Gasteiger partial charge in [0.05, 0.1) is 17.1 Å². The molecule has 3 aromatic rings. The molecule has 5 rings (SSSR count). The van der Waals surface area contributed by atoms with Crippen LogP contribution in [0.2, 0.25) is 0 Å². The quantitative estimate of drug-likeness (QED) is 0.636. The molecule has 8 heteroatoms. The maximum atomic E-state index is 12.8. The van der Waals surface area contributed by atoms with Gasteiger partial charge in [-0.3, -0.25) is 9.48 Å². The zero-order chi connectivity index (χ0) is 21.0. The average Bonchev–Trinajstić information content (AvgIpc) is 3.63. The van der Waals surface area contributed by atoms with Crippen LogP contribution in [0.1, 0.15) is 42.3 Å². The van der Waals surface area contributed by atoms with Crippen LogP contribution in [0, 0.1) is 5.92 Å². The number of fused-ring (bicyclic) bond motifs is 1. The molecule has 2 saturated carbocycles. The van der Waals surface area contributed by atoms with Gasteiger partial charge in [-0.15, -0.1) is 0 Å². The standard InChI is InChI=1S/C22H20F3N3O2/c1-26-21(29)19-10-17(19)18-9-16(8-12-11-28(14-4-5-14)27-20(12)18)30-15-6-2-13(3-7-15)22(23,24)25/h2-3,6-9,11,14,17,19H,4-5,10H2,1H3,(H,26,29)/t17-,19+/m0/s1. The van der Waals surface area contributed by atoms with Crippen molar-refractivity contribution in [3.63, 3.8) is 0 Å². The van der Waals surface area contributed by atoms with Gasteiger partial charge in [-0.2, -0.15) is 18.3 Å². The van der Waals surface area contributed by atoms with Gasteiger partial charge in [-0.05, 0) is 67.1 Å². The van der Waals surface area contributed by atoms with Crippen molar-refractivity contribution in [2.75, 3.05) is 7.05 Å². The van der Waals surface area contributed by atoms with Crippen molar-refractivity contribution in [2.45, 2.75) is 37.4 Å². The van der Waals surface area contributed by atoms with E-state index in [9.17, 15) is 18.0 Å². The molecule has 0 bridgehead atoms. The highest BCUT2D eigenvalue weighted by atomic mass is 19.4. The first kappa shape index (κ1) is 19.0. The Hall–Kier alpha value is -3.03. The lowest BCUT2D eigenvalue weighted by molar-refractivity contribution is -0.137. The minimum Gasteiger partial charge on any atom is -0.457 e. The molecule has 1 amide bonds. The lowest BCUT2D eigenvalue weighted by Gasteiger charge is -2.11. The van der Waals surface area contributed by atoms with E-state index >= 15 is 0 Å². The van der Waals surface area contributed by atoms with Crippen LogP contribution in [0.15, 0.2) is 42.6 Å². The first-order valence-corrected chi connectivity index (χ1v) is 9.93. The first-order chi connectivity index (χ1) is 14.3. The Balaban J connectivity index is 1.48. The lowest BCUT2D eigenvalue weighted by Crippen LogP contribution is -2.20. The normalized spacial score (nSPS) is 20.9. The van der Waals surface area contributed by atoms with E-state index < -0.39 is 11.7 Å². The van der Waals surface area contributed by atoms with Gasteiger partial charge >= 0.3 is 6.18 Å². The van der Waals surface area contributed by atoms with Gasteiger partial charge in [0.15, 0.2) is 0 Å². The van der Waals surface area contributed by atoms with Crippen molar-refractivity contribution in [1.29, 1.82) is 0 Å². The summed E-state index contributed by atoms with van der Waals surface area (Å²) in [4.78, 5) is 12.0. The van der Waals surface area contributed by atoms with E-state index in [1.54, 1.807) is 7.05 Å². The summed E-state index contributed by atoms with van der Waals surface area (Å²) in [6.07, 6.45) is 0.538. The molecule has 1 aromatic heterocycles. The fraction of sp³-hybridized carbons (Fsp3) is 0.364. The van der Waals surface area contributed by atoms with Crippen LogP contribution < -0.4 is 10.1 Å². The van der Waals surface area contributed by atoms with Crippen LogP contribution in [0.25, 0.3) is 10.9 Å². The molecule has 1 heterocycles. The van der Waals surface area contributed by atoms with E-state index in [0.717, 1.165) is 47.9 Å². The molecule has 2 aliphatic rings. The molecule has 5 nitrogen and oxygen atoms in total. The number of nitrogens with zero attached hydrogens (tertiary/aromatic N) is 2. The number of carbonyl (C=O) groups is 1. The van der Waals surface area contributed by atoms with Crippen LogP contribution in [-0.4, -0.2) is 22.7 Å². The van der Waals surface area contributed by atoms with Gasteiger partial charge in [-0.1, -0.05) is 0 Å². The van der Waals surface area contributed by atoms with Gasteiger partial charge in [0.25, 0.3) is 0 Å². The molecule has 2 aliphatic carbocycles. The summed E-state index contributed by atoms with van der Waals surface area (Å²) in [5.41, 5.74) is 1.09. The van der Waals surface area contributed by atoms with Crippen molar-refractivity contribution in [1.82, 2.24) is 15.1 Å². The average molecular weight is 415 g/mol. The van der Waals surface area contributed by atoms with Crippen molar-refractivity contribution >= 4 is 16.8 Å². The Kier molecular flexibility index (Phi) is 4.27. The number of aromatic nitrogens is 2. The van der Waals surface area contributed by atoms with Crippen molar-refractivity contribution < 1.29 is 22.7 Å². The van der Waals surface area contributed by atoms with Crippen LogP contribution in [0.3, 0.4) is 0 Å². The number of amides is 1. The Bertz CT molecular complexity index is 1120. The Labute approximate surface area is 170 Å². The molecular formula is C22H20F3N3O2. The number of benzene rings is 2. The molecule has 0 spiro atoms. The largest absolute Gasteiger partial charge is 0.457 e. The molecule has 0 radical (unpaired) electrons. The summed E-state index contributed by atoms with van der Waals surface area (Å²) in [6.45, 7) is 0. The number of rotatable bonds is 5. The van der Waals surface area contributed by atoms with E-state index in [2.05, 4.69) is 5.32 Å². The van der Waals surface area contributed by atoms with Gasteiger partial charge in [-0.25, -0.2) is 0 Å². The highest BCUT2D eigenvalue weighted by Gasteiger charge is 2.45. The van der Waals surface area contributed by atoms with Gasteiger partial charge in [0, 0.05) is 24.5 Å². The minimum atomic E-state index is -4.39. The maximum absolute atomic E-state index is 12.8. The topological polar surface area (TPSA) is 56.1 Å². The van der Waals surface area contributed by atoms with Gasteiger partial charge < -0.3 is 10.1 Å². The van der Waals surface area contributed by atoms with Gasteiger partial charge in [0.1, 0.15) is 11.5 Å². The zero-order valence-electron chi connectivity index (χ0n) is 16.2. The number of halogens is 3. The smallest absolute Gasteiger partial charge is 0.416 e. The second-order valence-corrected chi connectivity index (χ2v) is 7.98. The van der Waals surface area contributed by atoms with E-state index in [1.807, 2.05) is 23.0 Å². The summed E-state index contributed by atoms with van der Waals surface area (Å²) in [5.74, 6) is 0.817. The third kappa shape index (κ3) is 3.51. The van der Waals surface area contributed by atoms with Crippen LogP contribution in [-0.2, 0) is 11.0 Å². The SMILES string of the molecule is CNC(=O)[C@@H]1C[C@H]1c1cc(Oc2ccc(C(F)(F)F)cc2)cc2cn(C3CC3)nc12. The summed E-state index contributed by atoms with van der Waals surface area (Å²) >= 11 is 0. The predicted octanol–water partition coefficient (Wildman–Crippen LogP) is 5.03. The Morgan fingerprint density at radius 2 is 1.90 bits per heavy atom. The van der Waals surface area contributed by atoms with E-state index in [1.165, 1.54) is 12.1 Å². The molecular weight excluding hydrogens is 395 g/mol. The Morgan fingerprint density at radius 3 is 2.53 bits per heavy atom. The third-order valence-electron chi connectivity index (χ3n) is 5.74. The monoisotopic (exact) mass is 415 g/mol. The van der Waals surface area contributed by atoms with Crippen molar-refractivity contribution in [3.8, 4) is 11.5 Å². The van der Waals surface area contributed by atoms with E-state index in [-0.39, 0.29) is 17.7 Å². The second kappa shape index (κ2) is 6.75. The summed E-state index contributed by atoms with van der Waals surface area (Å²) in [7, 11) is 1.62. The highest BCUT2D eigenvalue weighted by Crippen LogP contribution is 2.51. The summed E-state index contributed by atoms with van der Waals surface area (Å²) in [6, 6.07) is 8.75. The van der Waals surface area contributed by atoms with E-state index in [4.69, 9.17) is 9.84 Å². The number of carbonyl (C=O) groups excluding carboxylic acids is 1. The van der Waals surface area contributed by atoms with Crippen LogP contribution in [0.4, 0.5) is 13.2 Å². The summed E-state index contributed by atoms with van der Waals surface area (Å²) < 4.78 is 46.2. The first-order valence-electron chi connectivity index (χ1n) is 9.93. The fourth-order valence-corrected chi connectivity index (χ4v) is 3.88. The number of hydrogen-bond donors (Lipinski definition) is 1. The second-order valence-electron chi connectivity index (χ2n) is 7.98. The van der Waals surface area contributed by atoms with Crippen LogP contribution in [0.5, 0.6) is 11.5 Å².